The molecule has 1 aliphatic rings. The number of amides is 4. The average Bonchev–Trinajstić information content (AvgIpc) is 2.70. The number of anilines is 2. The van der Waals surface area contributed by atoms with Crippen molar-refractivity contribution in [2.45, 2.75) is 67.2 Å². The molecule has 9 nitrogen and oxygen atoms in total. The number of imide groups is 1. The number of rotatable bonds is 8. The van der Waals surface area contributed by atoms with Gasteiger partial charge < -0.3 is 15.7 Å². The van der Waals surface area contributed by atoms with Crippen LogP contribution in [0.1, 0.15) is 87.9 Å². The molecule has 9 heteroatoms. The fourth-order valence-electron chi connectivity index (χ4n) is 4.35. The van der Waals surface area contributed by atoms with Gasteiger partial charge in [-0.15, -0.1) is 0 Å². The molecule has 0 aromatic heterocycles. The van der Waals surface area contributed by atoms with Gasteiger partial charge in [0.2, 0.25) is 11.8 Å². The zero-order chi connectivity index (χ0) is 27.7. The second-order valence-corrected chi connectivity index (χ2v) is 12.0. The topological polar surface area (TPSA) is 133 Å². The number of carbonyl (C=O) groups excluding carboxylic acids is 4. The molecule has 0 radical (unpaired) electrons. The van der Waals surface area contributed by atoms with Gasteiger partial charge in [0.1, 0.15) is 0 Å². The number of benzene rings is 2. The van der Waals surface area contributed by atoms with Gasteiger partial charge in [-0.25, -0.2) is 0 Å². The molecule has 1 heterocycles. The van der Waals surface area contributed by atoms with Crippen molar-refractivity contribution in [2.75, 3.05) is 17.2 Å². The van der Waals surface area contributed by atoms with Crippen LogP contribution in [-0.2, 0) is 14.4 Å². The summed E-state index contributed by atoms with van der Waals surface area (Å²) in [5.41, 5.74) is 0.789. The first kappa shape index (κ1) is 27.8. The van der Waals surface area contributed by atoms with Crippen LogP contribution in [0.25, 0.3) is 10.8 Å². The third-order valence-electron chi connectivity index (χ3n) is 5.72. The molecule has 3 N–H and O–H groups in total. The van der Waals surface area contributed by atoms with E-state index >= 15 is 0 Å². The highest BCUT2D eigenvalue weighted by Crippen LogP contribution is 2.36. The van der Waals surface area contributed by atoms with E-state index in [0.29, 0.717) is 22.1 Å². The Kier molecular flexibility index (Phi) is 7.76. The van der Waals surface area contributed by atoms with E-state index in [2.05, 4.69) is 10.6 Å². The molecular formula is C28H35N3O6. The monoisotopic (exact) mass is 509 g/mol. The van der Waals surface area contributed by atoms with E-state index in [1.165, 1.54) is 0 Å². The van der Waals surface area contributed by atoms with Gasteiger partial charge in [0.15, 0.2) is 0 Å². The zero-order valence-corrected chi connectivity index (χ0v) is 22.3. The molecule has 1 aliphatic heterocycles. The van der Waals surface area contributed by atoms with E-state index in [1.54, 1.807) is 24.3 Å². The molecule has 0 atom stereocenters. The van der Waals surface area contributed by atoms with Crippen LogP contribution in [0, 0.1) is 10.8 Å². The Balaban J connectivity index is 2.08. The summed E-state index contributed by atoms with van der Waals surface area (Å²) < 4.78 is 0. The lowest BCUT2D eigenvalue weighted by atomic mass is 9.90. The number of hydrogen-bond donors (Lipinski definition) is 3. The molecule has 0 bridgehead atoms. The highest BCUT2D eigenvalue weighted by atomic mass is 16.4. The number of nitrogens with one attached hydrogen (secondary N) is 2. The fourth-order valence-corrected chi connectivity index (χ4v) is 4.35. The summed E-state index contributed by atoms with van der Waals surface area (Å²) in [6.07, 6.45) is 0.449. The second kappa shape index (κ2) is 10.3. The van der Waals surface area contributed by atoms with E-state index in [9.17, 15) is 24.0 Å². The first-order valence-electron chi connectivity index (χ1n) is 12.3. The Hall–Kier alpha value is -3.75. The minimum atomic E-state index is -1.02. The Morgan fingerprint density at radius 3 is 1.59 bits per heavy atom. The van der Waals surface area contributed by atoms with Crippen LogP contribution in [0.5, 0.6) is 0 Å². The Bertz CT molecular complexity index is 1200. The first-order valence-corrected chi connectivity index (χ1v) is 12.3. The van der Waals surface area contributed by atoms with Crippen molar-refractivity contribution in [3.63, 3.8) is 0 Å². The van der Waals surface area contributed by atoms with Gasteiger partial charge in [-0.2, -0.15) is 0 Å². The molecule has 3 rings (SSSR count). The lowest BCUT2D eigenvalue weighted by Crippen LogP contribution is -2.41. The average molecular weight is 510 g/mol. The van der Waals surface area contributed by atoms with Gasteiger partial charge in [-0.3, -0.25) is 28.9 Å². The molecule has 0 unspecified atom stereocenters. The summed E-state index contributed by atoms with van der Waals surface area (Å²) in [6.45, 7) is 11.6. The predicted molar refractivity (Wildman–Crippen MR) is 142 cm³/mol. The SMILES string of the molecule is CC(C)(C)CC(=O)Nc1cc2c3c(cc(NC(=O)CC(C)(C)C)cc3c1)C(=O)N(CCCC(=O)O)C2=O. The van der Waals surface area contributed by atoms with E-state index < -0.39 is 17.8 Å². The molecule has 0 saturated heterocycles. The lowest BCUT2D eigenvalue weighted by molar-refractivity contribution is -0.137. The minimum absolute atomic E-state index is 0.0634. The quantitative estimate of drug-likeness (QED) is 0.427. The van der Waals surface area contributed by atoms with Gasteiger partial charge in [0.25, 0.3) is 11.8 Å². The standard InChI is InChI=1S/C28H35N3O6/c1-27(2,3)14-21(32)29-17-10-16-11-18(30-22(33)15-28(4,5)6)13-20-24(16)19(12-17)25(36)31(26(20)37)9-7-8-23(34)35/h10-13H,7-9,14-15H2,1-6H3,(H,29,32)(H,30,33)(H,34,35). The van der Waals surface area contributed by atoms with E-state index in [1.807, 2.05) is 41.5 Å². The molecule has 2 aromatic carbocycles. The highest BCUT2D eigenvalue weighted by Gasteiger charge is 2.34. The fraction of sp³-hybridized carbons (Fsp3) is 0.464. The number of carboxylic acid groups (broad SMARTS) is 1. The molecule has 0 fully saturated rings. The second-order valence-electron chi connectivity index (χ2n) is 12.0. The minimum Gasteiger partial charge on any atom is -0.481 e. The smallest absolute Gasteiger partial charge is 0.303 e. The van der Waals surface area contributed by atoms with Gasteiger partial charge in [0, 0.05) is 42.6 Å². The normalized spacial score (nSPS) is 13.6. The van der Waals surface area contributed by atoms with Crippen LogP contribution in [0.4, 0.5) is 11.4 Å². The van der Waals surface area contributed by atoms with Gasteiger partial charge in [0.05, 0.1) is 11.1 Å². The summed E-state index contributed by atoms with van der Waals surface area (Å²) in [5.74, 6) is -2.56. The van der Waals surface area contributed by atoms with Gasteiger partial charge >= 0.3 is 5.97 Å². The van der Waals surface area contributed by atoms with Crippen molar-refractivity contribution >= 4 is 51.7 Å². The summed E-state index contributed by atoms with van der Waals surface area (Å²) >= 11 is 0. The largest absolute Gasteiger partial charge is 0.481 e. The molecule has 198 valence electrons. The predicted octanol–water partition coefficient (Wildman–Crippen LogP) is 5.05. The zero-order valence-electron chi connectivity index (χ0n) is 22.3. The van der Waals surface area contributed by atoms with E-state index in [0.717, 1.165) is 4.90 Å². The Morgan fingerprint density at radius 1 is 0.784 bits per heavy atom. The van der Waals surface area contributed by atoms with Crippen LogP contribution < -0.4 is 10.6 Å². The molecule has 37 heavy (non-hydrogen) atoms. The van der Waals surface area contributed by atoms with Crippen LogP contribution in [0.3, 0.4) is 0 Å². The van der Waals surface area contributed by atoms with E-state index in [4.69, 9.17) is 5.11 Å². The number of hydrogen-bond acceptors (Lipinski definition) is 5. The maximum atomic E-state index is 13.4. The van der Waals surface area contributed by atoms with E-state index in [-0.39, 0.29) is 66.0 Å². The lowest BCUT2D eigenvalue weighted by Gasteiger charge is -2.28. The molecule has 0 saturated carbocycles. The Morgan fingerprint density at radius 2 is 1.22 bits per heavy atom. The molecule has 4 amide bonds. The highest BCUT2D eigenvalue weighted by molar-refractivity contribution is 6.26. The van der Waals surface area contributed by atoms with Crippen LogP contribution >= 0.6 is 0 Å². The molecular weight excluding hydrogens is 474 g/mol. The third kappa shape index (κ3) is 7.15. The van der Waals surface area contributed by atoms with Gasteiger partial charge in [-0.1, -0.05) is 41.5 Å². The third-order valence-corrected chi connectivity index (χ3v) is 5.72. The Labute approximate surface area is 216 Å². The van der Waals surface area contributed by atoms with Crippen LogP contribution in [0.15, 0.2) is 24.3 Å². The first-order chi connectivity index (χ1) is 17.0. The van der Waals surface area contributed by atoms with Crippen molar-refractivity contribution in [2.24, 2.45) is 10.8 Å². The molecule has 0 aliphatic carbocycles. The maximum absolute atomic E-state index is 13.4. The van der Waals surface area contributed by atoms with Gasteiger partial charge in [-0.05, 0) is 46.9 Å². The molecule has 0 spiro atoms. The van der Waals surface area contributed by atoms with Crippen molar-refractivity contribution in [3.8, 4) is 0 Å². The number of nitrogens with zero attached hydrogens (tertiary/aromatic N) is 1. The number of aliphatic carboxylic acids is 1. The van der Waals surface area contributed by atoms with Crippen molar-refractivity contribution in [1.29, 1.82) is 0 Å². The summed E-state index contributed by atoms with van der Waals surface area (Å²) in [6, 6.07) is 6.46. The van der Waals surface area contributed by atoms with Crippen molar-refractivity contribution in [1.82, 2.24) is 4.90 Å². The van der Waals surface area contributed by atoms with Crippen LogP contribution in [-0.4, -0.2) is 46.1 Å². The summed E-state index contributed by atoms with van der Waals surface area (Å²) in [4.78, 5) is 64.0. The summed E-state index contributed by atoms with van der Waals surface area (Å²) in [5, 5.41) is 15.6. The number of carboxylic acids is 1. The van der Waals surface area contributed by atoms with Crippen LogP contribution in [0.2, 0.25) is 0 Å². The number of carbonyl (C=O) groups is 5. The maximum Gasteiger partial charge on any atom is 0.303 e. The molecule has 2 aromatic rings. The van der Waals surface area contributed by atoms with Crippen molar-refractivity contribution < 1.29 is 29.1 Å². The summed E-state index contributed by atoms with van der Waals surface area (Å²) in [7, 11) is 0. The van der Waals surface area contributed by atoms with Crippen molar-refractivity contribution in [3.05, 3.63) is 35.4 Å².